The lowest BCUT2D eigenvalue weighted by Crippen LogP contribution is -2.17. The molecule has 2 rings (SSSR count). The first-order valence-electron chi connectivity index (χ1n) is 5.73. The lowest BCUT2D eigenvalue weighted by molar-refractivity contribution is 0.607. The van der Waals surface area contributed by atoms with Crippen LogP contribution in [0.25, 0.3) is 0 Å². The average Bonchev–Trinajstić information content (AvgIpc) is 2.94. The molecule has 0 fully saturated rings. The zero-order chi connectivity index (χ0) is 12.3. The normalized spacial score (nSPS) is 12.9. The first-order chi connectivity index (χ1) is 8.22. The van der Waals surface area contributed by atoms with Crippen molar-refractivity contribution < 1.29 is 0 Å². The molecule has 0 amide bonds. The van der Waals surface area contributed by atoms with Gasteiger partial charge in [0.05, 0.1) is 4.34 Å². The number of nitrogens with one attached hydrogen (secondary N) is 1. The third-order valence-electron chi connectivity index (χ3n) is 2.76. The predicted octanol–water partition coefficient (Wildman–Crippen LogP) is 4.53. The number of halogens is 1. The summed E-state index contributed by atoms with van der Waals surface area (Å²) < 4.78 is 0.862. The molecule has 2 aromatic heterocycles. The molecule has 0 saturated heterocycles. The summed E-state index contributed by atoms with van der Waals surface area (Å²) >= 11 is 9.55. The molecule has 0 radical (unpaired) electrons. The van der Waals surface area contributed by atoms with Crippen molar-refractivity contribution in [3.63, 3.8) is 0 Å². The maximum Gasteiger partial charge on any atom is 0.0931 e. The van der Waals surface area contributed by atoms with Crippen LogP contribution in [-0.2, 0) is 12.8 Å². The molecule has 0 aliphatic heterocycles. The van der Waals surface area contributed by atoms with Crippen molar-refractivity contribution in [1.29, 1.82) is 0 Å². The van der Waals surface area contributed by atoms with E-state index >= 15 is 0 Å². The summed E-state index contributed by atoms with van der Waals surface area (Å²) in [6, 6.07) is 8.92. The van der Waals surface area contributed by atoms with Crippen LogP contribution in [0.1, 0.15) is 27.6 Å². The third kappa shape index (κ3) is 3.32. The minimum absolute atomic E-state index is 0.371. The molecule has 1 atom stereocenters. The van der Waals surface area contributed by atoms with Crippen LogP contribution in [-0.4, -0.2) is 7.05 Å². The summed E-state index contributed by atoms with van der Waals surface area (Å²) in [5.74, 6) is 0. The van der Waals surface area contributed by atoms with Gasteiger partial charge in [0.2, 0.25) is 0 Å². The van der Waals surface area contributed by atoms with Crippen molar-refractivity contribution in [3.8, 4) is 0 Å². The Bertz CT molecular complexity index is 475. The third-order valence-corrected chi connectivity index (χ3v) is 5.35. The van der Waals surface area contributed by atoms with Crippen LogP contribution in [0, 0.1) is 0 Å². The fourth-order valence-corrected chi connectivity index (χ4v) is 3.96. The molecule has 1 unspecified atom stereocenters. The van der Waals surface area contributed by atoms with Gasteiger partial charge in [0.15, 0.2) is 0 Å². The van der Waals surface area contributed by atoms with Crippen LogP contribution in [0.5, 0.6) is 0 Å². The average molecular weight is 286 g/mol. The van der Waals surface area contributed by atoms with E-state index in [4.69, 9.17) is 11.6 Å². The summed E-state index contributed by atoms with van der Waals surface area (Å²) in [6.45, 7) is 2.20. The fourth-order valence-electron chi connectivity index (χ4n) is 1.78. The second-order valence-corrected chi connectivity index (χ2v) is 6.91. The van der Waals surface area contributed by atoms with Gasteiger partial charge in [-0.3, -0.25) is 0 Å². The van der Waals surface area contributed by atoms with Gasteiger partial charge in [0.25, 0.3) is 0 Å². The molecule has 0 aromatic carbocycles. The van der Waals surface area contributed by atoms with Gasteiger partial charge in [-0.15, -0.1) is 22.7 Å². The largest absolute Gasteiger partial charge is 0.312 e. The molecule has 0 spiro atoms. The SMILES string of the molecule is CCc1ccc(CC(NC)c2ccc(Cl)s2)s1. The van der Waals surface area contributed by atoms with Gasteiger partial charge in [-0.2, -0.15) is 0 Å². The Labute approximate surface area is 115 Å². The molecular weight excluding hydrogens is 270 g/mol. The smallest absolute Gasteiger partial charge is 0.0931 e. The molecule has 1 nitrogen and oxygen atoms in total. The number of hydrogen-bond acceptors (Lipinski definition) is 3. The molecule has 92 valence electrons. The predicted molar refractivity (Wildman–Crippen MR) is 78.5 cm³/mol. The first-order valence-corrected chi connectivity index (χ1v) is 7.74. The molecule has 1 N–H and O–H groups in total. The van der Waals surface area contributed by atoms with Gasteiger partial charge < -0.3 is 5.32 Å². The van der Waals surface area contributed by atoms with Gasteiger partial charge in [0.1, 0.15) is 0 Å². The van der Waals surface area contributed by atoms with Gasteiger partial charge in [0, 0.05) is 27.1 Å². The lowest BCUT2D eigenvalue weighted by atomic mass is 10.1. The Morgan fingerprint density at radius 1 is 1.18 bits per heavy atom. The van der Waals surface area contributed by atoms with Crippen molar-refractivity contribution in [2.75, 3.05) is 7.05 Å². The Hall–Kier alpha value is -0.350. The van der Waals surface area contributed by atoms with Crippen LogP contribution in [0.2, 0.25) is 4.34 Å². The first kappa shape index (κ1) is 13.1. The molecule has 2 heterocycles. The summed E-state index contributed by atoms with van der Waals surface area (Å²) in [4.78, 5) is 4.20. The number of aryl methyl sites for hydroxylation is 1. The molecule has 17 heavy (non-hydrogen) atoms. The van der Waals surface area contributed by atoms with Crippen molar-refractivity contribution in [1.82, 2.24) is 5.32 Å². The molecular formula is C13H16ClNS2. The molecule has 0 saturated carbocycles. The van der Waals surface area contributed by atoms with Crippen LogP contribution in [0.15, 0.2) is 24.3 Å². The maximum atomic E-state index is 5.98. The van der Waals surface area contributed by atoms with E-state index in [-0.39, 0.29) is 0 Å². The van der Waals surface area contributed by atoms with E-state index in [9.17, 15) is 0 Å². The fraction of sp³-hybridized carbons (Fsp3) is 0.385. The second-order valence-electron chi connectivity index (χ2n) is 3.91. The van der Waals surface area contributed by atoms with Crippen molar-refractivity contribution in [3.05, 3.63) is 43.2 Å². The van der Waals surface area contributed by atoms with Gasteiger partial charge >= 0.3 is 0 Å². The van der Waals surface area contributed by atoms with E-state index in [1.165, 1.54) is 14.6 Å². The van der Waals surface area contributed by atoms with E-state index in [0.29, 0.717) is 6.04 Å². The van der Waals surface area contributed by atoms with Gasteiger partial charge in [-0.1, -0.05) is 18.5 Å². The number of hydrogen-bond donors (Lipinski definition) is 1. The Kier molecular flexibility index (Phi) is 4.62. The number of likely N-dealkylation sites (N-methyl/N-ethyl adjacent to an activating group) is 1. The minimum Gasteiger partial charge on any atom is -0.312 e. The highest BCUT2D eigenvalue weighted by Gasteiger charge is 2.13. The standard InChI is InChI=1S/C13H16ClNS2/c1-3-9-4-5-10(16-9)8-11(15-2)12-6-7-13(14)17-12/h4-7,11,15H,3,8H2,1-2H3. The Morgan fingerprint density at radius 3 is 2.47 bits per heavy atom. The Morgan fingerprint density at radius 2 is 1.94 bits per heavy atom. The second kappa shape index (κ2) is 6.01. The highest BCUT2D eigenvalue weighted by atomic mass is 35.5. The molecule has 0 aliphatic carbocycles. The summed E-state index contributed by atoms with van der Waals surface area (Å²) in [6.07, 6.45) is 2.16. The van der Waals surface area contributed by atoms with Crippen LogP contribution in [0.4, 0.5) is 0 Å². The zero-order valence-electron chi connectivity index (χ0n) is 10.00. The summed E-state index contributed by atoms with van der Waals surface area (Å²) in [5.41, 5.74) is 0. The number of thiophene rings is 2. The Balaban J connectivity index is 2.09. The monoisotopic (exact) mass is 285 g/mol. The summed E-state index contributed by atoms with van der Waals surface area (Å²) in [5, 5.41) is 3.37. The van der Waals surface area contributed by atoms with Crippen LogP contribution >= 0.6 is 34.3 Å². The van der Waals surface area contributed by atoms with Gasteiger partial charge in [-0.05, 0) is 37.7 Å². The highest BCUT2D eigenvalue weighted by molar-refractivity contribution is 7.16. The zero-order valence-corrected chi connectivity index (χ0v) is 12.4. The summed E-state index contributed by atoms with van der Waals surface area (Å²) in [7, 11) is 2.01. The molecule has 0 bridgehead atoms. The minimum atomic E-state index is 0.371. The quantitative estimate of drug-likeness (QED) is 0.851. The van der Waals surface area contributed by atoms with E-state index in [1.54, 1.807) is 11.3 Å². The maximum absolute atomic E-state index is 5.98. The van der Waals surface area contributed by atoms with E-state index < -0.39 is 0 Å². The van der Waals surface area contributed by atoms with Crippen molar-refractivity contribution in [2.24, 2.45) is 0 Å². The number of rotatable bonds is 5. The van der Waals surface area contributed by atoms with E-state index in [0.717, 1.165) is 17.2 Å². The van der Waals surface area contributed by atoms with Gasteiger partial charge in [-0.25, -0.2) is 0 Å². The highest BCUT2D eigenvalue weighted by Crippen LogP contribution is 2.30. The van der Waals surface area contributed by atoms with E-state index in [1.807, 2.05) is 24.5 Å². The topological polar surface area (TPSA) is 12.0 Å². The van der Waals surface area contributed by atoms with Crippen molar-refractivity contribution >= 4 is 34.3 Å². The van der Waals surface area contributed by atoms with Crippen molar-refractivity contribution in [2.45, 2.75) is 25.8 Å². The van der Waals surface area contributed by atoms with Crippen LogP contribution < -0.4 is 5.32 Å². The molecule has 0 aliphatic rings. The molecule has 4 heteroatoms. The molecule has 2 aromatic rings. The lowest BCUT2D eigenvalue weighted by Gasteiger charge is -2.13. The van der Waals surface area contributed by atoms with E-state index in [2.05, 4.69) is 30.4 Å². The van der Waals surface area contributed by atoms with Crippen LogP contribution in [0.3, 0.4) is 0 Å².